The van der Waals surface area contributed by atoms with E-state index in [2.05, 4.69) is 15.4 Å². The summed E-state index contributed by atoms with van der Waals surface area (Å²) in [7, 11) is 0. The van der Waals surface area contributed by atoms with Crippen molar-refractivity contribution in [2.45, 2.75) is 45.1 Å². The molecule has 1 aliphatic carbocycles. The lowest BCUT2D eigenvalue weighted by atomic mass is 9.80. The zero-order valence-electron chi connectivity index (χ0n) is 17.3. The smallest absolute Gasteiger partial charge is 0.314 e. The first kappa shape index (κ1) is 20.6. The van der Waals surface area contributed by atoms with Crippen molar-refractivity contribution in [2.75, 3.05) is 32.7 Å². The molecule has 0 bridgehead atoms. The van der Waals surface area contributed by atoms with Crippen molar-refractivity contribution in [1.82, 2.24) is 29.9 Å². The van der Waals surface area contributed by atoms with Gasteiger partial charge in [0.25, 0.3) is 0 Å². The summed E-state index contributed by atoms with van der Waals surface area (Å²) in [4.78, 5) is 44.3. The van der Waals surface area contributed by atoms with E-state index in [1.807, 2.05) is 4.90 Å². The Bertz CT molecular complexity index is 775. The fourth-order valence-corrected chi connectivity index (χ4v) is 5.40. The van der Waals surface area contributed by atoms with Crippen LogP contribution in [0.25, 0.3) is 0 Å². The van der Waals surface area contributed by atoms with E-state index in [1.54, 1.807) is 15.9 Å². The van der Waals surface area contributed by atoms with Gasteiger partial charge in [-0.05, 0) is 31.6 Å². The van der Waals surface area contributed by atoms with E-state index in [9.17, 15) is 14.4 Å². The van der Waals surface area contributed by atoms with Crippen LogP contribution >= 0.6 is 0 Å². The van der Waals surface area contributed by atoms with E-state index < -0.39 is 6.03 Å². The minimum Gasteiger partial charge on any atom is -0.355 e. The van der Waals surface area contributed by atoms with Crippen molar-refractivity contribution >= 4 is 17.8 Å². The normalized spacial score (nSPS) is 26.6. The summed E-state index contributed by atoms with van der Waals surface area (Å²) in [5, 5.41) is 7.13. The number of nitrogens with two attached hydrogens (primary N) is 1. The Balaban J connectivity index is 1.29. The third-order valence-electron chi connectivity index (χ3n) is 7.18. The Morgan fingerprint density at radius 2 is 1.97 bits per heavy atom. The van der Waals surface area contributed by atoms with Crippen LogP contribution in [0.4, 0.5) is 4.79 Å². The van der Waals surface area contributed by atoms with Crippen LogP contribution in [0.15, 0.2) is 12.7 Å². The number of nitrogens with one attached hydrogen (secondary N) is 1. The largest absolute Gasteiger partial charge is 0.355 e. The number of hydrogen-bond acceptors (Lipinski definition) is 5. The molecule has 0 unspecified atom stereocenters. The Labute approximate surface area is 176 Å². The zero-order chi connectivity index (χ0) is 21.1. The van der Waals surface area contributed by atoms with Gasteiger partial charge in [-0.2, -0.15) is 5.10 Å². The monoisotopic (exact) mass is 417 g/mol. The van der Waals surface area contributed by atoms with Gasteiger partial charge in [0.2, 0.25) is 11.8 Å². The molecule has 2 atom stereocenters. The van der Waals surface area contributed by atoms with E-state index in [-0.39, 0.29) is 23.1 Å². The van der Waals surface area contributed by atoms with E-state index in [4.69, 9.17) is 5.73 Å². The van der Waals surface area contributed by atoms with E-state index >= 15 is 0 Å². The lowest BCUT2D eigenvalue weighted by Gasteiger charge is -2.33. The van der Waals surface area contributed by atoms with Crippen LogP contribution in [0, 0.1) is 17.3 Å². The number of fused-ring (bicyclic) bond motifs is 1. The number of piperidine rings is 1. The fraction of sp³-hybridized carbons (Fsp3) is 0.750. The number of rotatable bonds is 6. The van der Waals surface area contributed by atoms with Crippen molar-refractivity contribution in [3.63, 3.8) is 0 Å². The van der Waals surface area contributed by atoms with Crippen LogP contribution in [-0.2, 0) is 16.1 Å². The van der Waals surface area contributed by atoms with E-state index in [1.165, 1.54) is 6.33 Å². The first-order valence-corrected chi connectivity index (χ1v) is 10.9. The molecule has 10 heteroatoms. The number of hydrogen-bond donors (Lipinski definition) is 2. The second-order valence-electron chi connectivity index (χ2n) is 8.96. The molecule has 2 aliphatic heterocycles. The highest BCUT2D eigenvalue weighted by Crippen LogP contribution is 2.48. The molecule has 4 amide bonds. The lowest BCUT2D eigenvalue weighted by molar-refractivity contribution is -0.136. The minimum absolute atomic E-state index is 0.00744. The third-order valence-corrected chi connectivity index (χ3v) is 7.18. The van der Waals surface area contributed by atoms with Gasteiger partial charge in [-0.1, -0.05) is 6.42 Å². The van der Waals surface area contributed by atoms with E-state index in [0.717, 1.165) is 32.4 Å². The van der Waals surface area contributed by atoms with Crippen molar-refractivity contribution in [2.24, 2.45) is 23.0 Å². The number of carbonyl (C=O) groups is 3. The standard InChI is InChI=1S/C20H31N7O3/c21-19(30)25-7-3-15(4-8-25)18(29)26-10-16-2-1-6-20(16,12-26)11-23-17(28)5-9-27-14-22-13-24-27/h13-16H,1-12H2,(H2,21,30)(H,23,28)/t16-,20-/m0/s1. The first-order chi connectivity index (χ1) is 14.5. The molecule has 3 heterocycles. The Morgan fingerprint density at radius 3 is 2.67 bits per heavy atom. The lowest BCUT2D eigenvalue weighted by Crippen LogP contribution is -2.46. The summed E-state index contributed by atoms with van der Waals surface area (Å²) in [6.45, 7) is 3.74. The molecule has 164 valence electrons. The Morgan fingerprint density at radius 1 is 1.17 bits per heavy atom. The van der Waals surface area contributed by atoms with Gasteiger partial charge in [-0.15, -0.1) is 0 Å². The number of nitrogens with zero attached hydrogens (tertiary/aromatic N) is 5. The maximum atomic E-state index is 13.1. The van der Waals surface area contributed by atoms with Gasteiger partial charge in [0.05, 0.1) is 6.54 Å². The molecule has 3 N–H and O–H groups in total. The molecule has 1 aromatic heterocycles. The molecule has 4 rings (SSSR count). The number of carbonyl (C=O) groups excluding carboxylic acids is 3. The molecule has 30 heavy (non-hydrogen) atoms. The minimum atomic E-state index is -0.407. The molecule has 10 nitrogen and oxygen atoms in total. The molecular weight excluding hydrogens is 386 g/mol. The molecule has 3 fully saturated rings. The second-order valence-corrected chi connectivity index (χ2v) is 8.96. The van der Waals surface area contributed by atoms with E-state index in [0.29, 0.717) is 51.4 Å². The Kier molecular flexibility index (Phi) is 5.92. The van der Waals surface area contributed by atoms with Gasteiger partial charge in [-0.3, -0.25) is 14.3 Å². The summed E-state index contributed by atoms with van der Waals surface area (Å²) < 4.78 is 1.65. The highest BCUT2D eigenvalue weighted by molar-refractivity contribution is 5.80. The van der Waals surface area contributed by atoms with Gasteiger partial charge in [0, 0.05) is 50.5 Å². The topological polar surface area (TPSA) is 126 Å². The summed E-state index contributed by atoms with van der Waals surface area (Å²) in [6.07, 6.45) is 8.09. The molecule has 0 spiro atoms. The van der Waals surface area contributed by atoms with Crippen LogP contribution in [-0.4, -0.2) is 75.1 Å². The number of aromatic nitrogens is 3. The second kappa shape index (κ2) is 8.61. The van der Waals surface area contributed by atoms with Crippen LogP contribution in [0.5, 0.6) is 0 Å². The van der Waals surface area contributed by atoms with Gasteiger partial charge < -0.3 is 20.9 Å². The maximum absolute atomic E-state index is 13.1. The molecule has 1 saturated carbocycles. The number of urea groups is 1. The van der Waals surface area contributed by atoms with Crippen LogP contribution in [0.1, 0.15) is 38.5 Å². The predicted octanol–water partition coefficient (Wildman–Crippen LogP) is 0.204. The number of likely N-dealkylation sites (tertiary alicyclic amines) is 2. The molecule has 2 saturated heterocycles. The van der Waals surface area contributed by atoms with Crippen molar-refractivity contribution in [3.8, 4) is 0 Å². The Hall–Kier alpha value is -2.65. The summed E-state index contributed by atoms with van der Waals surface area (Å²) in [5.41, 5.74) is 5.34. The number of amides is 4. The molecule has 1 aromatic rings. The van der Waals surface area contributed by atoms with Gasteiger partial charge in [0.1, 0.15) is 12.7 Å². The summed E-state index contributed by atoms with van der Waals surface area (Å²) in [6, 6.07) is -0.407. The highest BCUT2D eigenvalue weighted by Gasteiger charge is 2.51. The maximum Gasteiger partial charge on any atom is 0.314 e. The number of aryl methyl sites for hydroxylation is 1. The quantitative estimate of drug-likeness (QED) is 0.684. The average molecular weight is 418 g/mol. The SMILES string of the molecule is NC(=O)N1CCC(C(=O)N2C[C@@H]3CCC[C@]3(CNC(=O)CCn3cncn3)C2)CC1. The molecular formula is C20H31N7O3. The fourth-order valence-electron chi connectivity index (χ4n) is 5.40. The van der Waals surface area contributed by atoms with Crippen molar-refractivity contribution in [3.05, 3.63) is 12.7 Å². The number of primary amides is 1. The van der Waals surface area contributed by atoms with Crippen LogP contribution in [0.3, 0.4) is 0 Å². The molecule has 0 radical (unpaired) electrons. The van der Waals surface area contributed by atoms with Crippen molar-refractivity contribution in [1.29, 1.82) is 0 Å². The first-order valence-electron chi connectivity index (χ1n) is 10.9. The van der Waals surface area contributed by atoms with Gasteiger partial charge in [0.15, 0.2) is 0 Å². The van der Waals surface area contributed by atoms with Crippen LogP contribution < -0.4 is 11.1 Å². The summed E-state index contributed by atoms with van der Waals surface area (Å²) in [5.74, 6) is 0.621. The third kappa shape index (κ3) is 4.27. The average Bonchev–Trinajstić information content (AvgIpc) is 3.46. The zero-order valence-corrected chi connectivity index (χ0v) is 17.3. The highest BCUT2D eigenvalue weighted by atomic mass is 16.2. The van der Waals surface area contributed by atoms with Crippen LogP contribution in [0.2, 0.25) is 0 Å². The van der Waals surface area contributed by atoms with Gasteiger partial charge >= 0.3 is 6.03 Å². The van der Waals surface area contributed by atoms with Crippen molar-refractivity contribution < 1.29 is 14.4 Å². The predicted molar refractivity (Wildman–Crippen MR) is 108 cm³/mol. The molecule has 3 aliphatic rings. The summed E-state index contributed by atoms with van der Waals surface area (Å²) >= 11 is 0. The molecule has 0 aromatic carbocycles. The van der Waals surface area contributed by atoms with Gasteiger partial charge in [-0.25, -0.2) is 9.78 Å².